The smallest absolute Gasteiger partial charge is 0.256 e. The van der Waals surface area contributed by atoms with E-state index in [9.17, 15) is 18.4 Å². The average Bonchev–Trinajstić information content (AvgIpc) is 2.77. The fourth-order valence-electron chi connectivity index (χ4n) is 3.32. The molecule has 0 radical (unpaired) electrons. The number of amides is 2. The Morgan fingerprint density at radius 1 is 1.17 bits per heavy atom. The summed E-state index contributed by atoms with van der Waals surface area (Å²) < 4.78 is 38.1. The van der Waals surface area contributed by atoms with Crippen LogP contribution < -0.4 is 0 Å². The highest BCUT2D eigenvalue weighted by Crippen LogP contribution is 2.15. The van der Waals surface area contributed by atoms with E-state index in [0.717, 1.165) is 0 Å². The number of hydrogen-bond acceptors (Lipinski definition) is 4. The lowest BCUT2D eigenvalue weighted by molar-refractivity contribution is -0.0347. The Morgan fingerprint density at radius 2 is 1.90 bits per heavy atom. The molecule has 0 bridgehead atoms. The highest BCUT2D eigenvalue weighted by atomic mass is 19.1. The normalized spacial score (nSPS) is 16.4. The van der Waals surface area contributed by atoms with E-state index in [1.165, 1.54) is 54.5 Å². The van der Waals surface area contributed by atoms with E-state index in [1.54, 1.807) is 11.0 Å². The molecule has 1 aliphatic rings. The van der Waals surface area contributed by atoms with Crippen LogP contribution in [0, 0.1) is 11.6 Å². The number of rotatable bonds is 7. The van der Waals surface area contributed by atoms with Crippen LogP contribution >= 0.6 is 0 Å². The number of carbonyl (C=O) groups is 2. The maximum atomic E-state index is 14.1. The number of morpholine rings is 1. The van der Waals surface area contributed by atoms with Gasteiger partial charge in [0.15, 0.2) is 0 Å². The first kappa shape index (κ1) is 21.9. The molecule has 0 N–H and O–H groups in total. The van der Waals surface area contributed by atoms with Gasteiger partial charge in [0.05, 0.1) is 24.9 Å². The zero-order chi connectivity index (χ0) is 21.5. The Morgan fingerprint density at radius 3 is 2.60 bits per heavy atom. The van der Waals surface area contributed by atoms with Crippen molar-refractivity contribution in [3.8, 4) is 0 Å². The Labute approximate surface area is 174 Å². The Balaban J connectivity index is 1.69. The maximum Gasteiger partial charge on any atom is 0.256 e. The number of nitrogens with zero attached hydrogens (tertiary/aromatic N) is 2. The molecule has 0 spiro atoms. The second-order valence-corrected chi connectivity index (χ2v) is 6.97. The largest absolute Gasteiger partial charge is 0.383 e. The summed E-state index contributed by atoms with van der Waals surface area (Å²) in [7, 11) is 1.52. The van der Waals surface area contributed by atoms with Crippen molar-refractivity contribution in [1.29, 1.82) is 0 Å². The lowest BCUT2D eigenvalue weighted by atomic mass is 10.1. The van der Waals surface area contributed by atoms with Crippen LogP contribution in [-0.2, 0) is 9.47 Å². The van der Waals surface area contributed by atoms with E-state index in [-0.39, 0.29) is 37.7 Å². The minimum absolute atomic E-state index is 0.0244. The quantitative estimate of drug-likeness (QED) is 0.694. The summed E-state index contributed by atoms with van der Waals surface area (Å²) in [5.74, 6) is -1.70. The third-order valence-electron chi connectivity index (χ3n) is 4.90. The highest BCUT2D eigenvalue weighted by Gasteiger charge is 2.29. The molecule has 1 aliphatic heterocycles. The van der Waals surface area contributed by atoms with Crippen molar-refractivity contribution in [2.24, 2.45) is 0 Å². The fraction of sp³-hybridized carbons (Fsp3) is 0.364. The van der Waals surface area contributed by atoms with Crippen LogP contribution in [0.1, 0.15) is 20.7 Å². The molecular formula is C22H24F2N2O4. The van der Waals surface area contributed by atoms with Crippen LogP contribution in [0.3, 0.4) is 0 Å². The minimum Gasteiger partial charge on any atom is -0.383 e. The summed E-state index contributed by atoms with van der Waals surface area (Å²) in [5, 5.41) is 0. The highest BCUT2D eigenvalue weighted by molar-refractivity contribution is 5.95. The molecule has 1 unspecified atom stereocenters. The summed E-state index contributed by atoms with van der Waals surface area (Å²) in [6.45, 7) is 1.70. The fourth-order valence-corrected chi connectivity index (χ4v) is 3.32. The van der Waals surface area contributed by atoms with Crippen LogP contribution in [-0.4, -0.2) is 74.2 Å². The standard InChI is InChI=1S/C22H24F2N2O4/c1-29-12-10-26(22(28)19-4-2-3-5-20(19)24)15-18-14-25(11-13-30-18)21(27)16-6-8-17(23)9-7-16/h2-9,18H,10-15H2,1H3. The second kappa shape index (κ2) is 10.3. The van der Waals surface area contributed by atoms with Gasteiger partial charge in [-0.2, -0.15) is 0 Å². The molecule has 0 aliphatic carbocycles. The molecule has 2 amide bonds. The van der Waals surface area contributed by atoms with E-state index < -0.39 is 23.6 Å². The van der Waals surface area contributed by atoms with E-state index in [0.29, 0.717) is 18.7 Å². The molecule has 1 atom stereocenters. The molecule has 2 aromatic rings. The molecule has 8 heteroatoms. The topological polar surface area (TPSA) is 59.1 Å². The van der Waals surface area contributed by atoms with E-state index in [2.05, 4.69) is 0 Å². The van der Waals surface area contributed by atoms with Gasteiger partial charge in [0.25, 0.3) is 11.8 Å². The van der Waals surface area contributed by atoms with Gasteiger partial charge in [0.1, 0.15) is 11.6 Å². The summed E-state index contributed by atoms with van der Waals surface area (Å²) in [6, 6.07) is 11.2. The number of halogens is 2. The van der Waals surface area contributed by atoms with Gasteiger partial charge in [0, 0.05) is 38.9 Å². The molecule has 6 nitrogen and oxygen atoms in total. The van der Waals surface area contributed by atoms with Crippen LogP contribution in [0.5, 0.6) is 0 Å². The van der Waals surface area contributed by atoms with Gasteiger partial charge < -0.3 is 19.3 Å². The monoisotopic (exact) mass is 418 g/mol. The molecule has 1 saturated heterocycles. The van der Waals surface area contributed by atoms with E-state index in [1.807, 2.05) is 0 Å². The maximum absolute atomic E-state index is 14.1. The zero-order valence-electron chi connectivity index (χ0n) is 16.7. The van der Waals surface area contributed by atoms with E-state index >= 15 is 0 Å². The van der Waals surface area contributed by atoms with Gasteiger partial charge in [-0.05, 0) is 36.4 Å². The predicted molar refractivity (Wildman–Crippen MR) is 106 cm³/mol. The lowest BCUT2D eigenvalue weighted by Crippen LogP contribution is -2.51. The van der Waals surface area contributed by atoms with E-state index in [4.69, 9.17) is 9.47 Å². The molecule has 160 valence electrons. The summed E-state index contributed by atoms with van der Waals surface area (Å²) >= 11 is 0. The number of benzene rings is 2. The van der Waals surface area contributed by atoms with Gasteiger partial charge >= 0.3 is 0 Å². The number of methoxy groups -OCH3 is 1. The molecular weight excluding hydrogens is 394 g/mol. The molecule has 2 aromatic carbocycles. The molecule has 30 heavy (non-hydrogen) atoms. The third-order valence-corrected chi connectivity index (χ3v) is 4.90. The third kappa shape index (κ3) is 5.40. The first-order chi connectivity index (χ1) is 14.5. The van der Waals surface area contributed by atoms with Gasteiger partial charge in [-0.3, -0.25) is 9.59 Å². The van der Waals surface area contributed by atoms with Gasteiger partial charge in [-0.1, -0.05) is 12.1 Å². The summed E-state index contributed by atoms with van der Waals surface area (Å²) in [6.07, 6.45) is -0.435. The Kier molecular flexibility index (Phi) is 7.48. The Hall–Kier alpha value is -2.84. The van der Waals surface area contributed by atoms with Gasteiger partial charge in [0.2, 0.25) is 0 Å². The van der Waals surface area contributed by atoms with Crippen molar-refractivity contribution in [3.63, 3.8) is 0 Å². The van der Waals surface area contributed by atoms with Crippen LogP contribution in [0.2, 0.25) is 0 Å². The van der Waals surface area contributed by atoms with Crippen LogP contribution in [0.25, 0.3) is 0 Å². The molecule has 1 fully saturated rings. The molecule has 0 saturated carbocycles. The van der Waals surface area contributed by atoms with Crippen molar-refractivity contribution in [3.05, 3.63) is 71.3 Å². The zero-order valence-corrected chi connectivity index (χ0v) is 16.7. The number of ether oxygens (including phenoxy) is 2. The molecule has 3 rings (SSSR count). The van der Waals surface area contributed by atoms with Crippen molar-refractivity contribution in [2.45, 2.75) is 6.10 Å². The molecule has 0 aromatic heterocycles. The van der Waals surface area contributed by atoms with Gasteiger partial charge in [-0.15, -0.1) is 0 Å². The van der Waals surface area contributed by atoms with Crippen LogP contribution in [0.4, 0.5) is 8.78 Å². The van der Waals surface area contributed by atoms with Crippen LogP contribution in [0.15, 0.2) is 48.5 Å². The lowest BCUT2D eigenvalue weighted by Gasteiger charge is -2.36. The van der Waals surface area contributed by atoms with Gasteiger partial charge in [-0.25, -0.2) is 8.78 Å². The predicted octanol–water partition coefficient (Wildman–Crippen LogP) is 2.59. The first-order valence-electron chi connectivity index (χ1n) is 9.68. The first-order valence-corrected chi connectivity index (χ1v) is 9.68. The average molecular weight is 418 g/mol. The van der Waals surface area contributed by atoms with Crippen molar-refractivity contribution >= 4 is 11.8 Å². The Bertz CT molecular complexity index is 876. The molecule has 1 heterocycles. The number of hydrogen-bond donors (Lipinski definition) is 0. The number of carbonyl (C=O) groups excluding carboxylic acids is 2. The van der Waals surface area contributed by atoms with Crippen molar-refractivity contribution < 1.29 is 27.8 Å². The van der Waals surface area contributed by atoms with Crippen molar-refractivity contribution in [1.82, 2.24) is 9.80 Å². The van der Waals surface area contributed by atoms with Crippen molar-refractivity contribution in [2.75, 3.05) is 46.5 Å². The summed E-state index contributed by atoms with van der Waals surface area (Å²) in [4.78, 5) is 28.7. The summed E-state index contributed by atoms with van der Waals surface area (Å²) in [5.41, 5.74) is 0.361. The second-order valence-electron chi connectivity index (χ2n) is 6.97. The minimum atomic E-state index is -0.595. The SMILES string of the molecule is COCCN(CC1CN(C(=O)c2ccc(F)cc2)CCO1)C(=O)c1ccccc1F.